The summed E-state index contributed by atoms with van der Waals surface area (Å²) in [6.07, 6.45) is 2.32. The number of carbonyl (C=O) groups excluding carboxylic acids is 2. The highest BCUT2D eigenvalue weighted by molar-refractivity contribution is 6.41. The highest BCUT2D eigenvalue weighted by atomic mass is 16.5. The third-order valence-electron chi connectivity index (χ3n) is 4.20. The molecule has 0 aliphatic carbocycles. The van der Waals surface area contributed by atoms with Gasteiger partial charge in [0, 0.05) is 36.0 Å². The molecule has 0 saturated carbocycles. The molecule has 1 amide bonds. The predicted molar refractivity (Wildman–Crippen MR) is 87.7 cm³/mol. The first-order valence-electron chi connectivity index (χ1n) is 7.95. The number of rotatable bonds is 2. The monoisotopic (exact) mass is 314 g/mol. The van der Waals surface area contributed by atoms with Gasteiger partial charge in [-0.15, -0.1) is 0 Å². The van der Waals surface area contributed by atoms with Crippen molar-refractivity contribution in [2.45, 2.75) is 25.8 Å². The van der Waals surface area contributed by atoms with Crippen molar-refractivity contribution in [3.05, 3.63) is 41.5 Å². The Labute approximate surface area is 136 Å². The lowest BCUT2D eigenvalue weighted by Crippen LogP contribution is -2.45. The number of ketones is 1. The van der Waals surface area contributed by atoms with Gasteiger partial charge in [0.1, 0.15) is 0 Å². The zero-order chi connectivity index (χ0) is 16.4. The molecule has 5 heteroatoms. The second kappa shape index (κ2) is 6.16. The Morgan fingerprint density at radius 1 is 1.22 bits per heavy atom. The van der Waals surface area contributed by atoms with Crippen LogP contribution in [0, 0.1) is 0 Å². The number of ether oxygens (including phenoxy) is 1. The summed E-state index contributed by atoms with van der Waals surface area (Å²) >= 11 is 0. The second-order valence-corrected chi connectivity index (χ2v) is 6.67. The van der Waals surface area contributed by atoms with Gasteiger partial charge >= 0.3 is 0 Å². The molecule has 2 aliphatic heterocycles. The van der Waals surface area contributed by atoms with E-state index in [-0.39, 0.29) is 5.54 Å². The Kier molecular flexibility index (Phi) is 4.22. The fraction of sp³-hybridized carbons (Fsp3) is 0.444. The minimum absolute atomic E-state index is 0.150. The molecule has 122 valence electrons. The van der Waals surface area contributed by atoms with Gasteiger partial charge < -0.3 is 15.0 Å². The predicted octanol–water partition coefficient (Wildman–Crippen LogP) is 1.38. The summed E-state index contributed by atoms with van der Waals surface area (Å²) in [5.41, 5.74) is 2.76. The highest BCUT2D eigenvalue weighted by Gasteiger charge is 2.29. The zero-order valence-corrected chi connectivity index (χ0v) is 13.6. The second-order valence-electron chi connectivity index (χ2n) is 6.67. The van der Waals surface area contributed by atoms with Gasteiger partial charge in [-0.3, -0.25) is 9.59 Å². The Morgan fingerprint density at radius 2 is 1.91 bits per heavy atom. The average Bonchev–Trinajstić information content (AvgIpc) is 2.54. The van der Waals surface area contributed by atoms with Crippen LogP contribution >= 0.6 is 0 Å². The molecule has 1 aromatic rings. The van der Waals surface area contributed by atoms with E-state index in [1.54, 1.807) is 4.90 Å². The van der Waals surface area contributed by atoms with E-state index in [1.807, 2.05) is 18.2 Å². The van der Waals surface area contributed by atoms with Crippen LogP contribution in [0.25, 0.3) is 5.70 Å². The number of hydrogen-bond donors (Lipinski definition) is 1. The van der Waals surface area contributed by atoms with Crippen LogP contribution in [-0.2, 0) is 20.7 Å². The van der Waals surface area contributed by atoms with Crippen LogP contribution in [0.1, 0.15) is 25.0 Å². The van der Waals surface area contributed by atoms with Crippen molar-refractivity contribution in [1.29, 1.82) is 0 Å². The fourth-order valence-corrected chi connectivity index (χ4v) is 3.12. The van der Waals surface area contributed by atoms with Crippen molar-refractivity contribution in [1.82, 2.24) is 10.2 Å². The summed E-state index contributed by atoms with van der Waals surface area (Å²) < 4.78 is 5.22. The molecular weight excluding hydrogens is 292 g/mol. The fourth-order valence-electron chi connectivity index (χ4n) is 3.12. The molecule has 0 unspecified atom stereocenters. The highest BCUT2D eigenvalue weighted by Crippen LogP contribution is 2.29. The van der Waals surface area contributed by atoms with Gasteiger partial charge in [0.05, 0.1) is 13.2 Å². The van der Waals surface area contributed by atoms with E-state index in [0.29, 0.717) is 26.3 Å². The third-order valence-corrected chi connectivity index (χ3v) is 4.20. The summed E-state index contributed by atoms with van der Waals surface area (Å²) in [6.45, 7) is 6.11. The lowest BCUT2D eigenvalue weighted by molar-refractivity contribution is -0.145. The topological polar surface area (TPSA) is 58.6 Å². The summed E-state index contributed by atoms with van der Waals surface area (Å²) in [5.74, 6) is -0.939. The number of nitrogens with one attached hydrogen (secondary N) is 1. The van der Waals surface area contributed by atoms with E-state index in [1.165, 1.54) is 11.6 Å². The number of nitrogens with zero attached hydrogens (tertiary/aromatic N) is 1. The van der Waals surface area contributed by atoms with Crippen molar-refractivity contribution in [2.75, 3.05) is 26.3 Å². The van der Waals surface area contributed by atoms with E-state index in [4.69, 9.17) is 4.74 Å². The van der Waals surface area contributed by atoms with E-state index in [0.717, 1.165) is 17.7 Å². The van der Waals surface area contributed by atoms with Gasteiger partial charge in [0.15, 0.2) is 0 Å². The maximum atomic E-state index is 12.4. The van der Waals surface area contributed by atoms with Gasteiger partial charge in [-0.25, -0.2) is 0 Å². The molecule has 0 bridgehead atoms. The van der Waals surface area contributed by atoms with Crippen LogP contribution in [-0.4, -0.2) is 48.4 Å². The average molecular weight is 314 g/mol. The van der Waals surface area contributed by atoms with Crippen molar-refractivity contribution >= 4 is 17.4 Å². The number of fused-ring (bicyclic) bond motifs is 1. The Balaban J connectivity index is 1.86. The van der Waals surface area contributed by atoms with Crippen LogP contribution in [0.3, 0.4) is 0 Å². The zero-order valence-electron chi connectivity index (χ0n) is 13.6. The van der Waals surface area contributed by atoms with Gasteiger partial charge in [-0.05, 0) is 25.8 Å². The first-order valence-corrected chi connectivity index (χ1v) is 7.95. The lowest BCUT2D eigenvalue weighted by atomic mass is 9.85. The first-order chi connectivity index (χ1) is 11.0. The number of carbonyl (C=O) groups is 2. The maximum Gasteiger partial charge on any atom is 0.294 e. The number of hydrogen-bond acceptors (Lipinski definition) is 4. The Bertz CT molecular complexity index is 658. The van der Waals surface area contributed by atoms with Crippen molar-refractivity contribution < 1.29 is 14.3 Å². The molecular formula is C18H22N2O3. The molecule has 0 aromatic heterocycles. The molecule has 3 rings (SSSR count). The summed E-state index contributed by atoms with van der Waals surface area (Å²) in [7, 11) is 0. The number of morpholine rings is 1. The molecule has 2 heterocycles. The van der Waals surface area contributed by atoms with Crippen molar-refractivity contribution in [3.63, 3.8) is 0 Å². The van der Waals surface area contributed by atoms with Crippen molar-refractivity contribution in [3.8, 4) is 0 Å². The van der Waals surface area contributed by atoms with Gasteiger partial charge in [-0.2, -0.15) is 0 Å². The molecule has 1 fully saturated rings. The SMILES string of the molecule is CC1(C)Cc2ccccc2C(=CC(=O)C(=O)N2CCOCC2)N1. The molecule has 1 aromatic carbocycles. The molecule has 1 N–H and O–H groups in total. The molecule has 0 spiro atoms. The van der Waals surface area contributed by atoms with Crippen LogP contribution in [0.15, 0.2) is 30.3 Å². The van der Waals surface area contributed by atoms with Gasteiger partial charge in [0.2, 0.25) is 5.78 Å². The quantitative estimate of drug-likeness (QED) is 0.662. The molecule has 1 saturated heterocycles. The molecule has 0 atom stereocenters. The molecule has 0 radical (unpaired) electrons. The Hall–Kier alpha value is -2.14. The minimum Gasteiger partial charge on any atom is -0.379 e. The van der Waals surface area contributed by atoms with Crippen LogP contribution in [0.2, 0.25) is 0 Å². The summed E-state index contributed by atoms with van der Waals surface area (Å²) in [5, 5.41) is 3.38. The maximum absolute atomic E-state index is 12.4. The number of amides is 1. The normalized spacial score (nSPS) is 21.5. The standard InChI is InChI=1S/C18H22N2O3/c1-18(2)12-13-5-3-4-6-14(13)15(19-18)11-16(21)17(22)20-7-9-23-10-8-20/h3-6,11,19H,7-10,12H2,1-2H3. The third kappa shape index (κ3) is 3.45. The Morgan fingerprint density at radius 3 is 2.65 bits per heavy atom. The summed E-state index contributed by atoms with van der Waals surface area (Å²) in [6, 6.07) is 8.00. The van der Waals surface area contributed by atoms with E-state index in [9.17, 15) is 9.59 Å². The molecule has 23 heavy (non-hydrogen) atoms. The van der Waals surface area contributed by atoms with Gasteiger partial charge in [0.25, 0.3) is 5.91 Å². The minimum atomic E-state index is -0.484. The van der Waals surface area contributed by atoms with Crippen LogP contribution in [0.4, 0.5) is 0 Å². The van der Waals surface area contributed by atoms with Crippen LogP contribution in [0.5, 0.6) is 0 Å². The van der Waals surface area contributed by atoms with Crippen molar-refractivity contribution in [2.24, 2.45) is 0 Å². The first kappa shape index (κ1) is 15.7. The number of benzene rings is 1. The largest absolute Gasteiger partial charge is 0.379 e. The lowest BCUT2D eigenvalue weighted by Gasteiger charge is -2.35. The van der Waals surface area contributed by atoms with Gasteiger partial charge in [-0.1, -0.05) is 24.3 Å². The smallest absolute Gasteiger partial charge is 0.294 e. The molecule has 5 nitrogen and oxygen atoms in total. The summed E-state index contributed by atoms with van der Waals surface area (Å²) in [4.78, 5) is 26.2. The van der Waals surface area contributed by atoms with Crippen LogP contribution < -0.4 is 5.32 Å². The molecule has 2 aliphatic rings. The van der Waals surface area contributed by atoms with E-state index >= 15 is 0 Å². The van der Waals surface area contributed by atoms with E-state index < -0.39 is 11.7 Å². The van der Waals surface area contributed by atoms with E-state index in [2.05, 4.69) is 25.2 Å².